The van der Waals surface area contributed by atoms with Gasteiger partial charge in [-0.3, -0.25) is 4.90 Å². The van der Waals surface area contributed by atoms with Crippen LogP contribution in [0.15, 0.2) is 16.8 Å². The van der Waals surface area contributed by atoms with Crippen molar-refractivity contribution in [2.75, 3.05) is 26.2 Å². The van der Waals surface area contributed by atoms with E-state index in [-0.39, 0.29) is 0 Å². The lowest BCUT2D eigenvalue weighted by Gasteiger charge is -2.22. The van der Waals surface area contributed by atoms with Crippen LogP contribution in [-0.2, 0) is 6.54 Å². The second kappa shape index (κ2) is 7.89. The van der Waals surface area contributed by atoms with E-state index in [0.29, 0.717) is 12.6 Å². The Bertz CT molecular complexity index is 316. The van der Waals surface area contributed by atoms with E-state index in [2.05, 4.69) is 27.0 Å². The lowest BCUT2D eigenvalue weighted by atomic mass is 10.2. The molecule has 0 aromatic carbocycles. The predicted molar refractivity (Wildman–Crippen MR) is 76.9 cm³/mol. The maximum absolute atomic E-state index is 9.23. The molecular formula is C14H24N2OS. The summed E-state index contributed by atoms with van der Waals surface area (Å²) in [4.78, 5) is 2.44. The summed E-state index contributed by atoms with van der Waals surface area (Å²) >= 11 is 1.76. The SMILES string of the molecule is OCC1CCCN1CCCCNCc1ccsc1. The Labute approximate surface area is 114 Å². The minimum atomic E-state index is 0.330. The van der Waals surface area contributed by atoms with Gasteiger partial charge >= 0.3 is 0 Å². The Balaban J connectivity index is 1.48. The molecule has 0 radical (unpaired) electrons. The van der Waals surface area contributed by atoms with Crippen LogP contribution in [0, 0.1) is 0 Å². The number of hydrogen-bond donors (Lipinski definition) is 2. The van der Waals surface area contributed by atoms with Gasteiger partial charge in [-0.05, 0) is 67.7 Å². The van der Waals surface area contributed by atoms with Gasteiger partial charge in [-0.1, -0.05) is 0 Å². The molecule has 1 aromatic heterocycles. The zero-order chi connectivity index (χ0) is 12.6. The van der Waals surface area contributed by atoms with Gasteiger partial charge in [0.2, 0.25) is 0 Å². The van der Waals surface area contributed by atoms with E-state index in [1.807, 2.05) is 0 Å². The smallest absolute Gasteiger partial charge is 0.0586 e. The number of unbranched alkanes of at least 4 members (excludes halogenated alkanes) is 1. The van der Waals surface area contributed by atoms with Crippen molar-refractivity contribution in [2.24, 2.45) is 0 Å². The number of nitrogens with one attached hydrogen (secondary N) is 1. The largest absolute Gasteiger partial charge is 0.395 e. The summed E-state index contributed by atoms with van der Waals surface area (Å²) in [6.07, 6.45) is 4.88. The van der Waals surface area contributed by atoms with Crippen molar-refractivity contribution < 1.29 is 5.11 Å². The summed E-state index contributed by atoms with van der Waals surface area (Å²) in [5.41, 5.74) is 1.39. The summed E-state index contributed by atoms with van der Waals surface area (Å²) < 4.78 is 0. The monoisotopic (exact) mass is 268 g/mol. The van der Waals surface area contributed by atoms with Gasteiger partial charge in [0.1, 0.15) is 0 Å². The summed E-state index contributed by atoms with van der Waals surface area (Å²) in [5, 5.41) is 17.0. The van der Waals surface area contributed by atoms with E-state index >= 15 is 0 Å². The molecule has 18 heavy (non-hydrogen) atoms. The van der Waals surface area contributed by atoms with Crippen LogP contribution in [0.5, 0.6) is 0 Å². The zero-order valence-electron chi connectivity index (χ0n) is 11.0. The van der Waals surface area contributed by atoms with Gasteiger partial charge in [-0.25, -0.2) is 0 Å². The molecule has 4 heteroatoms. The summed E-state index contributed by atoms with van der Waals surface area (Å²) in [6.45, 7) is 4.73. The van der Waals surface area contributed by atoms with Crippen LogP contribution in [0.3, 0.4) is 0 Å². The van der Waals surface area contributed by atoms with Crippen LogP contribution in [0.4, 0.5) is 0 Å². The minimum Gasteiger partial charge on any atom is -0.395 e. The number of aliphatic hydroxyl groups is 1. The molecule has 1 atom stereocenters. The second-order valence-corrected chi connectivity index (χ2v) is 5.81. The Kier molecular flexibility index (Phi) is 6.14. The van der Waals surface area contributed by atoms with Crippen LogP contribution in [0.2, 0.25) is 0 Å². The maximum atomic E-state index is 9.23. The highest BCUT2D eigenvalue weighted by molar-refractivity contribution is 7.07. The fraction of sp³-hybridized carbons (Fsp3) is 0.714. The molecule has 3 nitrogen and oxygen atoms in total. The lowest BCUT2D eigenvalue weighted by Crippen LogP contribution is -2.33. The summed E-state index contributed by atoms with van der Waals surface area (Å²) in [5.74, 6) is 0. The number of aliphatic hydroxyl groups excluding tert-OH is 1. The Hall–Kier alpha value is -0.420. The third-order valence-electron chi connectivity index (χ3n) is 3.67. The number of thiophene rings is 1. The molecule has 2 N–H and O–H groups in total. The minimum absolute atomic E-state index is 0.330. The highest BCUT2D eigenvalue weighted by Crippen LogP contribution is 2.16. The second-order valence-electron chi connectivity index (χ2n) is 5.03. The first kappa shape index (κ1) is 14.0. The van der Waals surface area contributed by atoms with Crippen LogP contribution in [0.25, 0.3) is 0 Å². The van der Waals surface area contributed by atoms with Gasteiger partial charge in [0, 0.05) is 12.6 Å². The molecule has 1 unspecified atom stereocenters. The molecule has 0 saturated carbocycles. The average molecular weight is 268 g/mol. The number of likely N-dealkylation sites (tertiary alicyclic amines) is 1. The van der Waals surface area contributed by atoms with Crippen molar-refractivity contribution in [1.82, 2.24) is 10.2 Å². The molecule has 0 amide bonds. The fourth-order valence-corrected chi connectivity index (χ4v) is 3.26. The van der Waals surface area contributed by atoms with E-state index in [9.17, 15) is 5.11 Å². The molecule has 0 bridgehead atoms. The Morgan fingerprint density at radius 2 is 2.39 bits per heavy atom. The Morgan fingerprint density at radius 3 is 3.17 bits per heavy atom. The normalized spacial score (nSPS) is 20.6. The quantitative estimate of drug-likeness (QED) is 0.709. The highest BCUT2D eigenvalue weighted by atomic mass is 32.1. The first-order valence-electron chi connectivity index (χ1n) is 6.97. The van der Waals surface area contributed by atoms with Crippen LogP contribution in [-0.4, -0.2) is 42.3 Å². The van der Waals surface area contributed by atoms with E-state index in [4.69, 9.17) is 0 Å². The van der Waals surface area contributed by atoms with Crippen molar-refractivity contribution in [1.29, 1.82) is 0 Å². The van der Waals surface area contributed by atoms with Gasteiger partial charge in [-0.2, -0.15) is 11.3 Å². The third-order valence-corrected chi connectivity index (χ3v) is 4.40. The molecule has 2 heterocycles. The van der Waals surface area contributed by atoms with Gasteiger partial charge in [0.25, 0.3) is 0 Å². The molecule has 2 rings (SSSR count). The molecule has 0 spiro atoms. The first-order chi connectivity index (χ1) is 8.90. The van der Waals surface area contributed by atoms with Gasteiger partial charge in [0.05, 0.1) is 6.61 Å². The summed E-state index contributed by atoms with van der Waals surface area (Å²) in [6, 6.07) is 2.61. The molecule has 1 aliphatic heterocycles. The molecule has 1 saturated heterocycles. The van der Waals surface area contributed by atoms with E-state index < -0.39 is 0 Å². The van der Waals surface area contributed by atoms with Crippen molar-refractivity contribution in [2.45, 2.75) is 38.3 Å². The van der Waals surface area contributed by atoms with E-state index in [1.54, 1.807) is 11.3 Å². The molecule has 0 aliphatic carbocycles. The van der Waals surface area contributed by atoms with Gasteiger partial charge in [-0.15, -0.1) is 0 Å². The van der Waals surface area contributed by atoms with Crippen molar-refractivity contribution in [3.63, 3.8) is 0 Å². The molecule has 1 aromatic rings. The maximum Gasteiger partial charge on any atom is 0.0586 e. The molecule has 1 aliphatic rings. The number of hydrogen-bond acceptors (Lipinski definition) is 4. The van der Waals surface area contributed by atoms with Crippen LogP contribution >= 0.6 is 11.3 Å². The van der Waals surface area contributed by atoms with E-state index in [1.165, 1.54) is 37.8 Å². The predicted octanol–water partition coefficient (Wildman–Crippen LogP) is 2.07. The third kappa shape index (κ3) is 4.35. The van der Waals surface area contributed by atoms with Crippen molar-refractivity contribution in [3.8, 4) is 0 Å². The first-order valence-corrected chi connectivity index (χ1v) is 7.91. The van der Waals surface area contributed by atoms with E-state index in [0.717, 1.165) is 19.6 Å². The molecular weight excluding hydrogens is 244 g/mol. The number of nitrogens with zero attached hydrogens (tertiary/aromatic N) is 1. The molecule has 102 valence electrons. The fourth-order valence-electron chi connectivity index (χ4n) is 2.59. The zero-order valence-corrected chi connectivity index (χ0v) is 11.8. The Morgan fingerprint density at radius 1 is 1.44 bits per heavy atom. The lowest BCUT2D eigenvalue weighted by molar-refractivity contribution is 0.157. The van der Waals surface area contributed by atoms with Crippen LogP contribution < -0.4 is 5.32 Å². The van der Waals surface area contributed by atoms with Crippen LogP contribution in [0.1, 0.15) is 31.2 Å². The number of rotatable bonds is 8. The molecule has 1 fully saturated rings. The van der Waals surface area contributed by atoms with Crippen molar-refractivity contribution >= 4 is 11.3 Å². The summed E-state index contributed by atoms with van der Waals surface area (Å²) in [7, 11) is 0. The average Bonchev–Trinajstić information content (AvgIpc) is 3.04. The highest BCUT2D eigenvalue weighted by Gasteiger charge is 2.22. The standard InChI is InChI=1S/C14H24N2OS/c17-11-14-4-3-8-16(14)7-2-1-6-15-10-13-5-9-18-12-13/h5,9,12,14-15,17H,1-4,6-8,10-11H2. The van der Waals surface area contributed by atoms with Gasteiger partial charge < -0.3 is 10.4 Å². The van der Waals surface area contributed by atoms with Gasteiger partial charge in [0.15, 0.2) is 0 Å². The topological polar surface area (TPSA) is 35.5 Å². The van der Waals surface area contributed by atoms with Crippen molar-refractivity contribution in [3.05, 3.63) is 22.4 Å².